The van der Waals surface area contributed by atoms with Crippen LogP contribution in [0.2, 0.25) is 5.28 Å². The lowest BCUT2D eigenvalue weighted by atomic mass is 10.00. The van der Waals surface area contributed by atoms with Gasteiger partial charge in [-0.3, -0.25) is 0 Å². The van der Waals surface area contributed by atoms with Gasteiger partial charge in [-0.2, -0.15) is 0 Å². The number of nitrogens with zero attached hydrogens (tertiary/aromatic N) is 3. The number of hydrogen-bond acceptors (Lipinski definition) is 4. The van der Waals surface area contributed by atoms with Crippen molar-refractivity contribution >= 4 is 17.4 Å². The fraction of sp³-hybridized carbons (Fsp3) is 0.600. The van der Waals surface area contributed by atoms with Crippen LogP contribution in [0.3, 0.4) is 0 Å². The summed E-state index contributed by atoms with van der Waals surface area (Å²) in [5.74, 6) is 0.699. The number of aromatic nitrogens is 2. The number of rotatable bonds is 3. The van der Waals surface area contributed by atoms with Crippen molar-refractivity contribution in [1.29, 1.82) is 0 Å². The van der Waals surface area contributed by atoms with E-state index in [1.807, 2.05) is 18.9 Å². The van der Waals surface area contributed by atoms with Crippen LogP contribution in [0.5, 0.6) is 0 Å². The summed E-state index contributed by atoms with van der Waals surface area (Å²) in [6.07, 6.45) is 1.60. The zero-order valence-electron chi connectivity index (χ0n) is 9.40. The monoisotopic (exact) mass is 229 g/mol. The van der Waals surface area contributed by atoms with Gasteiger partial charge >= 0.3 is 0 Å². The van der Waals surface area contributed by atoms with Crippen molar-refractivity contribution in [3.05, 3.63) is 17.5 Å². The Kier molecular flexibility index (Phi) is 3.52. The molecule has 84 valence electrons. The van der Waals surface area contributed by atoms with E-state index in [0.717, 1.165) is 0 Å². The molecule has 0 aliphatic carbocycles. The highest BCUT2D eigenvalue weighted by molar-refractivity contribution is 6.28. The van der Waals surface area contributed by atoms with Crippen molar-refractivity contribution in [3.63, 3.8) is 0 Å². The van der Waals surface area contributed by atoms with Gasteiger partial charge in [0.15, 0.2) is 0 Å². The van der Waals surface area contributed by atoms with Crippen molar-refractivity contribution in [2.24, 2.45) is 0 Å². The van der Waals surface area contributed by atoms with Gasteiger partial charge < -0.3 is 10.0 Å². The zero-order chi connectivity index (χ0) is 11.6. The number of hydrogen-bond donors (Lipinski definition) is 1. The summed E-state index contributed by atoms with van der Waals surface area (Å²) in [6, 6.07) is 1.69. The zero-order valence-corrected chi connectivity index (χ0v) is 10.2. The highest BCUT2D eigenvalue weighted by Gasteiger charge is 2.26. The lowest BCUT2D eigenvalue weighted by Gasteiger charge is -2.34. The molecule has 1 heterocycles. The molecule has 0 aliphatic heterocycles. The van der Waals surface area contributed by atoms with Gasteiger partial charge in [0.25, 0.3) is 0 Å². The minimum absolute atomic E-state index is 0.0662. The molecule has 1 unspecified atom stereocenters. The van der Waals surface area contributed by atoms with Crippen LogP contribution in [0.4, 0.5) is 5.82 Å². The summed E-state index contributed by atoms with van der Waals surface area (Å²) in [5, 5.41) is 10.1. The normalized spacial score (nSPS) is 13.7. The van der Waals surface area contributed by atoms with Gasteiger partial charge in [-0.15, -0.1) is 0 Å². The molecule has 0 spiro atoms. The maximum absolute atomic E-state index is 9.87. The van der Waals surface area contributed by atoms with E-state index in [1.165, 1.54) is 0 Å². The molecule has 1 rings (SSSR count). The molecule has 1 N–H and O–H groups in total. The standard InChI is InChI=1S/C10H16ClN3O/c1-7(10(2,3)15)14(4)8-5-6-12-9(11)13-8/h5-7,15H,1-4H3. The first-order valence-electron chi connectivity index (χ1n) is 4.76. The number of anilines is 1. The number of likely N-dealkylation sites (N-methyl/N-ethyl adjacent to an activating group) is 1. The molecule has 0 aliphatic rings. The molecule has 0 radical (unpaired) electrons. The van der Waals surface area contributed by atoms with Crippen LogP contribution in [0.1, 0.15) is 20.8 Å². The van der Waals surface area contributed by atoms with Crippen LogP contribution in [-0.2, 0) is 0 Å². The molecule has 1 atom stereocenters. The molecule has 0 saturated carbocycles. The average molecular weight is 230 g/mol. The van der Waals surface area contributed by atoms with Crippen LogP contribution >= 0.6 is 11.6 Å². The topological polar surface area (TPSA) is 49.2 Å². The van der Waals surface area contributed by atoms with E-state index >= 15 is 0 Å². The molecule has 5 heteroatoms. The predicted octanol–water partition coefficient (Wildman–Crippen LogP) is 1.73. The Balaban J connectivity index is 2.90. The van der Waals surface area contributed by atoms with E-state index < -0.39 is 5.60 Å². The molecular weight excluding hydrogens is 214 g/mol. The number of aliphatic hydroxyl groups is 1. The van der Waals surface area contributed by atoms with Crippen molar-refractivity contribution in [1.82, 2.24) is 9.97 Å². The summed E-state index contributed by atoms with van der Waals surface area (Å²) < 4.78 is 0. The second-order valence-electron chi connectivity index (χ2n) is 4.12. The lowest BCUT2D eigenvalue weighted by Crippen LogP contribution is -2.46. The Morgan fingerprint density at radius 3 is 2.60 bits per heavy atom. The Morgan fingerprint density at radius 1 is 1.53 bits per heavy atom. The second-order valence-corrected chi connectivity index (χ2v) is 4.46. The maximum atomic E-state index is 9.87. The fourth-order valence-corrected chi connectivity index (χ4v) is 1.34. The first-order chi connectivity index (χ1) is 6.82. The summed E-state index contributed by atoms with van der Waals surface area (Å²) in [7, 11) is 1.86. The van der Waals surface area contributed by atoms with E-state index in [0.29, 0.717) is 5.82 Å². The predicted molar refractivity (Wildman–Crippen MR) is 61.2 cm³/mol. The number of halogens is 1. The van der Waals surface area contributed by atoms with E-state index in [1.54, 1.807) is 26.1 Å². The van der Waals surface area contributed by atoms with Gasteiger partial charge in [0.1, 0.15) is 5.82 Å². The van der Waals surface area contributed by atoms with Crippen molar-refractivity contribution in [3.8, 4) is 0 Å². The third-order valence-corrected chi connectivity index (χ3v) is 2.76. The maximum Gasteiger partial charge on any atom is 0.224 e. The van der Waals surface area contributed by atoms with Crippen molar-refractivity contribution in [2.75, 3.05) is 11.9 Å². The quantitative estimate of drug-likeness (QED) is 0.802. The Hall–Kier alpha value is -0.870. The minimum atomic E-state index is -0.799. The molecule has 0 bridgehead atoms. The summed E-state index contributed by atoms with van der Waals surface area (Å²) in [5.41, 5.74) is -0.799. The molecular formula is C10H16ClN3O. The first kappa shape index (κ1) is 12.2. The van der Waals surface area contributed by atoms with Crippen LogP contribution in [0.15, 0.2) is 12.3 Å². The molecule has 4 nitrogen and oxygen atoms in total. The summed E-state index contributed by atoms with van der Waals surface area (Å²) >= 11 is 5.70. The van der Waals surface area contributed by atoms with E-state index in [2.05, 4.69) is 9.97 Å². The second kappa shape index (κ2) is 4.33. The largest absolute Gasteiger partial charge is 0.388 e. The Bertz CT molecular complexity index is 338. The van der Waals surface area contributed by atoms with Crippen molar-refractivity contribution in [2.45, 2.75) is 32.4 Å². The van der Waals surface area contributed by atoms with E-state index in [4.69, 9.17) is 11.6 Å². The smallest absolute Gasteiger partial charge is 0.224 e. The third-order valence-electron chi connectivity index (χ3n) is 2.58. The molecule has 15 heavy (non-hydrogen) atoms. The van der Waals surface area contributed by atoms with Gasteiger partial charge in [0.05, 0.1) is 11.6 Å². The van der Waals surface area contributed by atoms with Crippen LogP contribution < -0.4 is 4.90 Å². The first-order valence-corrected chi connectivity index (χ1v) is 5.14. The highest BCUT2D eigenvalue weighted by atomic mass is 35.5. The van der Waals surface area contributed by atoms with Gasteiger partial charge in [0, 0.05) is 13.2 Å². The van der Waals surface area contributed by atoms with Gasteiger partial charge in [-0.25, -0.2) is 9.97 Å². The molecule has 0 amide bonds. The van der Waals surface area contributed by atoms with Crippen LogP contribution in [0.25, 0.3) is 0 Å². The molecule has 0 fully saturated rings. The molecule has 0 saturated heterocycles. The Labute approximate surface area is 94.9 Å². The lowest BCUT2D eigenvalue weighted by molar-refractivity contribution is 0.0563. The fourth-order valence-electron chi connectivity index (χ4n) is 1.19. The van der Waals surface area contributed by atoms with E-state index in [9.17, 15) is 5.11 Å². The molecule has 0 aromatic carbocycles. The molecule has 1 aromatic heterocycles. The SMILES string of the molecule is CC(N(C)c1ccnc(Cl)n1)C(C)(C)O. The van der Waals surface area contributed by atoms with Gasteiger partial charge in [-0.05, 0) is 38.4 Å². The summed E-state index contributed by atoms with van der Waals surface area (Å²) in [4.78, 5) is 9.75. The third kappa shape index (κ3) is 3.04. The van der Waals surface area contributed by atoms with E-state index in [-0.39, 0.29) is 11.3 Å². The van der Waals surface area contributed by atoms with Crippen molar-refractivity contribution < 1.29 is 5.11 Å². The highest BCUT2D eigenvalue weighted by Crippen LogP contribution is 2.19. The van der Waals surface area contributed by atoms with Gasteiger partial charge in [-0.1, -0.05) is 0 Å². The Morgan fingerprint density at radius 2 is 2.13 bits per heavy atom. The summed E-state index contributed by atoms with van der Waals surface area (Å²) in [6.45, 7) is 5.45. The van der Waals surface area contributed by atoms with Crippen LogP contribution in [-0.4, -0.2) is 33.8 Å². The van der Waals surface area contributed by atoms with Crippen LogP contribution in [0, 0.1) is 0 Å². The average Bonchev–Trinajstić information content (AvgIpc) is 2.14. The van der Waals surface area contributed by atoms with Gasteiger partial charge in [0.2, 0.25) is 5.28 Å². The minimum Gasteiger partial charge on any atom is -0.388 e. The molecule has 1 aromatic rings.